The standard InChI is InChI=1S/C19H17NO.C18H14FNO.2C18H15NO.C16H13NOS/c1-12-8-9-16-18(10-12)21-14(3)17(11-20)19(16)15-7-5-4-6-13(15)2;1-11-6-7-15-17(8-11)21-12(2)16(10-20)18(15)13-4-3-5-14(19)9-13;2*1-12-8-9-15-17(10-12)20-13(2)16(11-19)18(15)14-6-4-3-5-7-14;1-10-5-6-12-14(8-10)18-11(2)13(9-17)16(12)15-4-3-7-19-15/h4-10,19H,1-3H3;3-9,18H,1-2H3;2*3-10,18H,1-2H3;3-8,16H,1-2H3. The lowest BCUT2D eigenvalue weighted by molar-refractivity contribution is 0.400. The first-order valence-electron chi connectivity index (χ1n) is 33.2. The highest BCUT2D eigenvalue weighted by Gasteiger charge is 2.35. The van der Waals surface area contributed by atoms with Gasteiger partial charge in [0.25, 0.3) is 0 Å². The van der Waals surface area contributed by atoms with Crippen molar-refractivity contribution >= 4 is 11.3 Å². The Labute approximate surface area is 595 Å². The minimum absolute atomic E-state index is 0.00866. The van der Waals surface area contributed by atoms with Crippen LogP contribution in [0.4, 0.5) is 4.39 Å². The zero-order chi connectivity index (χ0) is 71.6. The van der Waals surface area contributed by atoms with Gasteiger partial charge in [0.05, 0.1) is 87.8 Å². The molecule has 498 valence electrons. The van der Waals surface area contributed by atoms with Crippen molar-refractivity contribution in [3.63, 3.8) is 0 Å². The summed E-state index contributed by atoms with van der Waals surface area (Å²) in [5.74, 6) is 6.86. The van der Waals surface area contributed by atoms with Crippen molar-refractivity contribution in [3.8, 4) is 59.1 Å². The van der Waals surface area contributed by atoms with Gasteiger partial charge in [-0.05, 0) is 186 Å². The second kappa shape index (κ2) is 31.1. The molecule has 0 spiro atoms. The first-order chi connectivity index (χ1) is 48.8. The minimum Gasteiger partial charge on any atom is -0.461 e. The smallest absolute Gasteiger partial charge is 0.131 e. The van der Waals surface area contributed by atoms with Gasteiger partial charge in [-0.25, -0.2) is 4.39 Å². The van der Waals surface area contributed by atoms with Crippen molar-refractivity contribution in [3.05, 3.63) is 369 Å². The van der Waals surface area contributed by atoms with Crippen LogP contribution >= 0.6 is 11.3 Å². The predicted molar refractivity (Wildman–Crippen MR) is 395 cm³/mol. The normalized spacial score (nSPS) is 17.2. The van der Waals surface area contributed by atoms with Gasteiger partial charge in [-0.3, -0.25) is 0 Å². The molecular weight excluding hydrogens is 1270 g/mol. The van der Waals surface area contributed by atoms with Crippen molar-refractivity contribution < 1.29 is 28.1 Å². The summed E-state index contributed by atoms with van der Waals surface area (Å²) in [6.07, 6.45) is 0. The van der Waals surface area contributed by atoms with Crippen LogP contribution in [0.25, 0.3) is 0 Å². The van der Waals surface area contributed by atoms with Crippen molar-refractivity contribution in [2.45, 2.75) is 106 Å². The van der Waals surface area contributed by atoms with Gasteiger partial charge in [-0.1, -0.05) is 164 Å². The van der Waals surface area contributed by atoms with E-state index >= 15 is 0 Å². The summed E-state index contributed by atoms with van der Waals surface area (Å²) in [6, 6.07) is 81.0. The molecule has 101 heavy (non-hydrogen) atoms. The maximum absolute atomic E-state index is 13.6. The summed E-state index contributed by atoms with van der Waals surface area (Å²) >= 11 is 1.68. The van der Waals surface area contributed by atoms with Crippen LogP contribution in [0.5, 0.6) is 28.7 Å². The number of fused-ring (bicyclic) bond motifs is 5. The zero-order valence-corrected chi connectivity index (χ0v) is 59.1. The fourth-order valence-corrected chi connectivity index (χ4v) is 14.3. The van der Waals surface area contributed by atoms with Crippen LogP contribution in [-0.4, -0.2) is 0 Å². The van der Waals surface area contributed by atoms with Crippen LogP contribution in [-0.2, 0) is 0 Å². The maximum Gasteiger partial charge on any atom is 0.131 e. The molecule has 5 aliphatic rings. The average molecular weight is 1340 g/mol. The molecule has 6 heterocycles. The van der Waals surface area contributed by atoms with Gasteiger partial charge in [-0.2, -0.15) is 26.3 Å². The highest BCUT2D eigenvalue weighted by atomic mass is 32.1. The molecule has 0 amide bonds. The number of rotatable bonds is 5. The number of ether oxygens (including phenoxy) is 5. The molecule has 1 aromatic heterocycles. The van der Waals surface area contributed by atoms with Gasteiger partial charge in [-0.15, -0.1) is 11.3 Å². The first kappa shape index (κ1) is 70.1. The Morgan fingerprint density at radius 3 is 0.931 bits per heavy atom. The molecule has 0 saturated carbocycles. The van der Waals surface area contributed by atoms with Crippen LogP contribution < -0.4 is 23.7 Å². The third-order valence-electron chi connectivity index (χ3n) is 18.4. The van der Waals surface area contributed by atoms with Crippen LogP contribution in [0, 0.1) is 104 Å². The van der Waals surface area contributed by atoms with Crippen molar-refractivity contribution in [2.75, 3.05) is 0 Å². The van der Waals surface area contributed by atoms with Gasteiger partial charge in [0.1, 0.15) is 63.4 Å². The number of allylic oxidation sites excluding steroid dienone is 10. The second-order valence-corrected chi connectivity index (χ2v) is 26.5. The number of hydrogen-bond acceptors (Lipinski definition) is 11. The minimum atomic E-state index is -0.303. The predicted octanol–water partition coefficient (Wildman–Crippen LogP) is 22.1. The zero-order valence-electron chi connectivity index (χ0n) is 58.2. The second-order valence-electron chi connectivity index (χ2n) is 25.5. The molecule has 0 saturated heterocycles. The van der Waals surface area contributed by atoms with E-state index in [9.17, 15) is 30.7 Å². The lowest BCUT2D eigenvalue weighted by Crippen LogP contribution is -2.15. The van der Waals surface area contributed by atoms with Crippen LogP contribution in [0.2, 0.25) is 0 Å². The fraction of sp³-hybridized carbons (Fsp3) is 0.180. The van der Waals surface area contributed by atoms with Crippen LogP contribution in [0.15, 0.2) is 274 Å². The van der Waals surface area contributed by atoms with E-state index < -0.39 is 0 Å². The number of benzene rings is 9. The third-order valence-corrected chi connectivity index (χ3v) is 19.4. The Bertz CT molecular complexity index is 5090. The molecule has 5 atom stereocenters. The van der Waals surface area contributed by atoms with Gasteiger partial charge in [0.2, 0.25) is 0 Å². The molecule has 0 N–H and O–H groups in total. The Morgan fingerprint density at radius 2 is 0.594 bits per heavy atom. The van der Waals surface area contributed by atoms with Crippen LogP contribution in [0.3, 0.4) is 0 Å². The molecule has 15 rings (SSSR count). The van der Waals surface area contributed by atoms with E-state index in [0.717, 1.165) is 101 Å². The lowest BCUT2D eigenvalue weighted by Gasteiger charge is -2.28. The van der Waals surface area contributed by atoms with Gasteiger partial charge < -0.3 is 23.7 Å². The van der Waals surface area contributed by atoms with Crippen molar-refractivity contribution in [2.24, 2.45) is 0 Å². The SMILES string of the molecule is CC1=C(C#N)C(c2cccc(F)c2)c2ccc(C)cc2O1.CC1=C(C#N)C(c2ccccc2)c2ccc(C)cc2O1.CC1=C(C#N)C(c2ccccc2)c2ccc(C)cc2O1.CC1=C(C#N)C(c2ccccc2C)c2ccc(C)cc2O1.CC1=C(C#N)C(c2cccs2)c2ccc(C)cc2O1. The molecule has 0 bridgehead atoms. The molecule has 9 aromatic carbocycles. The van der Waals surface area contributed by atoms with E-state index in [2.05, 4.69) is 128 Å². The molecule has 0 aliphatic carbocycles. The molecule has 5 unspecified atom stereocenters. The molecule has 10 nitrogen and oxygen atoms in total. The Morgan fingerprint density at radius 1 is 0.287 bits per heavy atom. The molecular formula is C89H74FN5O5S. The largest absolute Gasteiger partial charge is 0.461 e. The molecule has 0 fully saturated rings. The van der Waals surface area contributed by atoms with Gasteiger partial charge in [0, 0.05) is 32.7 Å². The number of halogens is 1. The highest BCUT2D eigenvalue weighted by Crippen LogP contribution is 2.49. The molecule has 0 radical (unpaired) electrons. The summed E-state index contributed by atoms with van der Waals surface area (Å²) in [7, 11) is 0. The van der Waals surface area contributed by atoms with E-state index in [-0.39, 0.29) is 35.4 Å². The Kier molecular flexibility index (Phi) is 21.6. The monoisotopic (exact) mass is 1340 g/mol. The summed E-state index contributed by atoms with van der Waals surface area (Å²) in [5, 5.41) is 49.5. The number of thiophene rings is 1. The summed E-state index contributed by atoms with van der Waals surface area (Å²) in [5.41, 5.74) is 19.5. The highest BCUT2D eigenvalue weighted by molar-refractivity contribution is 7.10. The summed E-state index contributed by atoms with van der Waals surface area (Å²) in [6.45, 7) is 21.5. The van der Waals surface area contributed by atoms with Crippen LogP contribution in [0.1, 0.15) is 153 Å². The lowest BCUT2D eigenvalue weighted by atomic mass is 9.81. The van der Waals surface area contributed by atoms with Gasteiger partial charge >= 0.3 is 0 Å². The van der Waals surface area contributed by atoms with E-state index in [1.807, 2.05) is 171 Å². The quantitative estimate of drug-likeness (QED) is 0.162. The number of nitriles is 5. The fourth-order valence-electron chi connectivity index (χ4n) is 13.5. The van der Waals surface area contributed by atoms with E-state index in [1.54, 1.807) is 24.3 Å². The third kappa shape index (κ3) is 15.1. The van der Waals surface area contributed by atoms with E-state index in [1.165, 1.54) is 28.1 Å². The van der Waals surface area contributed by atoms with E-state index in [0.29, 0.717) is 56.7 Å². The topological polar surface area (TPSA) is 165 Å². The summed E-state index contributed by atoms with van der Waals surface area (Å²) < 4.78 is 42.6. The Balaban J connectivity index is 0.000000127. The molecule has 5 aliphatic heterocycles. The maximum atomic E-state index is 13.6. The molecule has 12 heteroatoms. The Hall–Kier alpha value is -12.2. The average Bonchev–Trinajstić information content (AvgIpc) is 1.74. The summed E-state index contributed by atoms with van der Waals surface area (Å²) in [4.78, 5) is 1.18. The first-order valence-corrected chi connectivity index (χ1v) is 34.1. The number of aryl methyl sites for hydroxylation is 6. The van der Waals surface area contributed by atoms with Crippen molar-refractivity contribution in [1.82, 2.24) is 0 Å². The van der Waals surface area contributed by atoms with E-state index in [4.69, 9.17) is 23.7 Å². The number of hydrogen-bond donors (Lipinski definition) is 0. The molecule has 10 aromatic rings. The number of nitrogens with zero attached hydrogens (tertiary/aromatic N) is 5. The van der Waals surface area contributed by atoms with Crippen molar-refractivity contribution in [1.29, 1.82) is 26.3 Å². The van der Waals surface area contributed by atoms with Gasteiger partial charge in [0.15, 0.2) is 0 Å².